The minimum atomic E-state index is -0.317. The molecule has 2 rings (SSSR count). The second-order valence-corrected chi connectivity index (χ2v) is 2.92. The fourth-order valence-electron chi connectivity index (χ4n) is 1.26. The van der Waals surface area contributed by atoms with Crippen LogP contribution in [-0.2, 0) is 0 Å². The Morgan fingerprint density at radius 3 is 2.93 bits per heavy atom. The van der Waals surface area contributed by atoms with Gasteiger partial charge < -0.3 is 15.9 Å². The van der Waals surface area contributed by atoms with Crippen LogP contribution in [0.2, 0.25) is 0 Å². The lowest BCUT2D eigenvalue weighted by molar-refractivity contribution is 0.318. The molecular formula is C9H8N4O2. The van der Waals surface area contributed by atoms with Crippen molar-refractivity contribution in [3.63, 3.8) is 0 Å². The Balaban J connectivity index is 2.79. The summed E-state index contributed by atoms with van der Waals surface area (Å²) in [5, 5.41) is 11.7. The molecule has 0 aliphatic heterocycles. The number of nitrogens with zero attached hydrogens (tertiary/aromatic N) is 2. The van der Waals surface area contributed by atoms with Crippen LogP contribution in [0, 0.1) is 0 Å². The molecule has 0 radical (unpaired) electrons. The third-order valence-corrected chi connectivity index (χ3v) is 1.96. The summed E-state index contributed by atoms with van der Waals surface area (Å²) in [6, 6.07) is 6.82. The fourth-order valence-corrected chi connectivity index (χ4v) is 1.26. The van der Waals surface area contributed by atoms with E-state index in [1.807, 2.05) is 0 Å². The Kier molecular flexibility index (Phi) is 2.09. The number of fused-ring (bicyclic) bond motifs is 1. The first-order chi connectivity index (χ1) is 7.22. The molecule has 0 spiro atoms. The lowest BCUT2D eigenvalue weighted by Gasteiger charge is -1.99. The molecule has 0 fully saturated rings. The van der Waals surface area contributed by atoms with Gasteiger partial charge in [-0.05, 0) is 12.1 Å². The zero-order valence-corrected chi connectivity index (χ0v) is 7.64. The molecule has 0 atom stereocenters. The molecule has 0 bridgehead atoms. The van der Waals surface area contributed by atoms with Gasteiger partial charge in [0.25, 0.3) is 5.56 Å². The van der Waals surface area contributed by atoms with Crippen molar-refractivity contribution < 1.29 is 5.21 Å². The third-order valence-electron chi connectivity index (χ3n) is 1.96. The number of aromatic amines is 1. The van der Waals surface area contributed by atoms with E-state index in [9.17, 15) is 4.79 Å². The number of rotatable bonds is 1. The minimum Gasteiger partial charge on any atom is -0.409 e. The van der Waals surface area contributed by atoms with E-state index < -0.39 is 0 Å². The summed E-state index contributed by atoms with van der Waals surface area (Å²) in [4.78, 5) is 18.0. The summed E-state index contributed by atoms with van der Waals surface area (Å²) in [7, 11) is 0. The second-order valence-electron chi connectivity index (χ2n) is 2.92. The quantitative estimate of drug-likeness (QED) is 0.263. The van der Waals surface area contributed by atoms with Gasteiger partial charge in [0.2, 0.25) is 5.84 Å². The number of benzene rings is 1. The highest BCUT2D eigenvalue weighted by atomic mass is 16.4. The van der Waals surface area contributed by atoms with Crippen LogP contribution in [-0.4, -0.2) is 21.0 Å². The number of H-pyrrole nitrogens is 1. The van der Waals surface area contributed by atoms with Gasteiger partial charge in [-0.2, -0.15) is 0 Å². The van der Waals surface area contributed by atoms with Crippen molar-refractivity contribution in [1.29, 1.82) is 0 Å². The number of nitrogens with two attached hydrogens (primary N) is 1. The molecule has 1 aromatic carbocycles. The number of oxime groups is 1. The van der Waals surface area contributed by atoms with Crippen molar-refractivity contribution in [3.05, 3.63) is 40.4 Å². The zero-order chi connectivity index (χ0) is 10.8. The van der Waals surface area contributed by atoms with E-state index >= 15 is 0 Å². The molecule has 76 valence electrons. The first kappa shape index (κ1) is 9.20. The monoisotopic (exact) mass is 204 g/mol. The molecule has 2 aromatic rings. The molecular weight excluding hydrogens is 196 g/mol. The van der Waals surface area contributed by atoms with E-state index in [0.717, 1.165) is 0 Å². The van der Waals surface area contributed by atoms with Gasteiger partial charge in [-0.3, -0.25) is 4.79 Å². The van der Waals surface area contributed by atoms with Crippen LogP contribution in [0.1, 0.15) is 5.82 Å². The Labute approximate surface area is 84.1 Å². The van der Waals surface area contributed by atoms with Gasteiger partial charge in [0.15, 0.2) is 5.82 Å². The van der Waals surface area contributed by atoms with Crippen molar-refractivity contribution in [1.82, 2.24) is 9.97 Å². The molecule has 0 aliphatic carbocycles. The van der Waals surface area contributed by atoms with Crippen LogP contribution in [0.3, 0.4) is 0 Å². The molecule has 4 N–H and O–H groups in total. The summed E-state index contributed by atoms with van der Waals surface area (Å²) >= 11 is 0. The number of hydrogen-bond acceptors (Lipinski definition) is 4. The smallest absolute Gasteiger partial charge is 0.259 e. The zero-order valence-electron chi connectivity index (χ0n) is 7.64. The highest BCUT2D eigenvalue weighted by Gasteiger charge is 2.05. The number of hydrogen-bond donors (Lipinski definition) is 3. The van der Waals surface area contributed by atoms with E-state index in [1.165, 1.54) is 0 Å². The molecule has 15 heavy (non-hydrogen) atoms. The summed E-state index contributed by atoms with van der Waals surface area (Å²) in [6.45, 7) is 0. The van der Waals surface area contributed by atoms with Gasteiger partial charge in [-0.15, -0.1) is 0 Å². The topological polar surface area (TPSA) is 104 Å². The molecule has 0 unspecified atom stereocenters. The molecule has 6 nitrogen and oxygen atoms in total. The summed E-state index contributed by atoms with van der Waals surface area (Å²) in [5.41, 5.74) is 5.51. The average Bonchev–Trinajstić information content (AvgIpc) is 2.28. The third kappa shape index (κ3) is 1.52. The molecule has 1 heterocycles. The fraction of sp³-hybridized carbons (Fsp3) is 0. The molecule has 0 aliphatic rings. The first-order valence-electron chi connectivity index (χ1n) is 4.19. The predicted molar refractivity (Wildman–Crippen MR) is 54.9 cm³/mol. The Morgan fingerprint density at radius 2 is 2.20 bits per heavy atom. The van der Waals surface area contributed by atoms with Crippen molar-refractivity contribution in [3.8, 4) is 0 Å². The summed E-state index contributed by atoms with van der Waals surface area (Å²) in [6.07, 6.45) is 0. The van der Waals surface area contributed by atoms with Gasteiger partial charge in [0.05, 0.1) is 10.9 Å². The van der Waals surface area contributed by atoms with Crippen LogP contribution in [0.15, 0.2) is 34.2 Å². The van der Waals surface area contributed by atoms with Crippen LogP contribution in [0.25, 0.3) is 10.9 Å². The number of para-hydroxylation sites is 1. The lowest BCUT2D eigenvalue weighted by atomic mass is 10.2. The summed E-state index contributed by atoms with van der Waals surface area (Å²) < 4.78 is 0. The van der Waals surface area contributed by atoms with E-state index in [-0.39, 0.29) is 17.2 Å². The maximum Gasteiger partial charge on any atom is 0.259 e. The average molecular weight is 204 g/mol. The van der Waals surface area contributed by atoms with Crippen molar-refractivity contribution in [2.45, 2.75) is 0 Å². The van der Waals surface area contributed by atoms with Crippen molar-refractivity contribution >= 4 is 16.7 Å². The largest absolute Gasteiger partial charge is 0.409 e. The van der Waals surface area contributed by atoms with E-state index in [2.05, 4.69) is 15.1 Å². The first-order valence-corrected chi connectivity index (χ1v) is 4.19. The minimum absolute atomic E-state index is 0.0567. The van der Waals surface area contributed by atoms with Gasteiger partial charge in [-0.1, -0.05) is 17.3 Å². The van der Waals surface area contributed by atoms with Gasteiger partial charge in [0, 0.05) is 0 Å². The number of aromatic nitrogens is 2. The maximum absolute atomic E-state index is 11.5. The predicted octanol–water partition coefficient (Wildman–Crippen LogP) is 0.0176. The van der Waals surface area contributed by atoms with Gasteiger partial charge >= 0.3 is 0 Å². The number of amidine groups is 1. The van der Waals surface area contributed by atoms with Crippen LogP contribution >= 0.6 is 0 Å². The van der Waals surface area contributed by atoms with Crippen LogP contribution in [0.5, 0.6) is 0 Å². The molecule has 0 saturated heterocycles. The van der Waals surface area contributed by atoms with Crippen LogP contribution in [0.4, 0.5) is 0 Å². The summed E-state index contributed by atoms with van der Waals surface area (Å²) in [5.74, 6) is -0.168. The van der Waals surface area contributed by atoms with Gasteiger partial charge in [0.1, 0.15) is 0 Å². The standard InChI is InChI=1S/C9H8N4O2/c10-7(13-15)8-11-6-4-2-1-3-5(6)9(14)12-8/h1-4,15H,(H2,10,13)(H,11,12,14). The second kappa shape index (κ2) is 3.41. The van der Waals surface area contributed by atoms with Crippen LogP contribution < -0.4 is 11.3 Å². The van der Waals surface area contributed by atoms with E-state index in [0.29, 0.717) is 10.9 Å². The molecule has 6 heteroatoms. The Morgan fingerprint density at radius 1 is 1.47 bits per heavy atom. The Hall–Kier alpha value is -2.37. The van der Waals surface area contributed by atoms with Crippen molar-refractivity contribution in [2.24, 2.45) is 10.9 Å². The maximum atomic E-state index is 11.5. The Bertz CT molecular complexity index is 588. The lowest BCUT2D eigenvalue weighted by Crippen LogP contribution is -2.22. The molecule has 0 amide bonds. The van der Waals surface area contributed by atoms with E-state index in [4.69, 9.17) is 10.9 Å². The molecule has 0 saturated carbocycles. The van der Waals surface area contributed by atoms with E-state index in [1.54, 1.807) is 24.3 Å². The van der Waals surface area contributed by atoms with Gasteiger partial charge in [-0.25, -0.2) is 4.98 Å². The SMILES string of the molecule is N/C(=N\O)c1nc2ccccc2c(=O)[nH]1. The normalized spacial score (nSPS) is 11.9. The van der Waals surface area contributed by atoms with Crippen molar-refractivity contribution in [2.75, 3.05) is 0 Å². The number of nitrogens with one attached hydrogen (secondary N) is 1. The molecule has 1 aromatic heterocycles. The highest BCUT2D eigenvalue weighted by Crippen LogP contribution is 2.05. The highest BCUT2D eigenvalue weighted by molar-refractivity contribution is 5.95.